The molecular formula is C14H15NO4. The van der Waals surface area contributed by atoms with Crippen molar-refractivity contribution in [2.45, 2.75) is 12.5 Å². The quantitative estimate of drug-likeness (QED) is 0.806. The van der Waals surface area contributed by atoms with Gasteiger partial charge in [0.15, 0.2) is 6.04 Å². The molecule has 1 unspecified atom stereocenters. The van der Waals surface area contributed by atoms with Gasteiger partial charge in [0.1, 0.15) is 5.75 Å². The number of carbonyl (C=O) groups excluding carboxylic acids is 1. The van der Waals surface area contributed by atoms with Gasteiger partial charge in [-0.15, -0.1) is 6.58 Å². The van der Waals surface area contributed by atoms with Crippen molar-refractivity contribution >= 4 is 11.9 Å². The Morgan fingerprint density at radius 3 is 2.53 bits per heavy atom. The first-order valence-electron chi connectivity index (χ1n) is 5.96. The molecule has 1 aromatic rings. The lowest BCUT2D eigenvalue weighted by atomic mass is 10.1. The van der Waals surface area contributed by atoms with Crippen LogP contribution in [0.3, 0.4) is 0 Å². The van der Waals surface area contributed by atoms with Crippen LogP contribution in [-0.2, 0) is 9.59 Å². The SMILES string of the molecule is C=CC1CC(=O)N([C@@H](C(=O)O)c2ccc(O)cc2)C1. The maximum absolute atomic E-state index is 11.9. The summed E-state index contributed by atoms with van der Waals surface area (Å²) >= 11 is 0. The van der Waals surface area contributed by atoms with E-state index in [1.54, 1.807) is 6.08 Å². The molecule has 5 nitrogen and oxygen atoms in total. The molecule has 19 heavy (non-hydrogen) atoms. The number of phenols is 1. The molecule has 1 aliphatic rings. The zero-order chi connectivity index (χ0) is 14.0. The number of phenolic OH excluding ortho intramolecular Hbond substituents is 1. The summed E-state index contributed by atoms with van der Waals surface area (Å²) in [5, 5.41) is 18.6. The van der Waals surface area contributed by atoms with Crippen molar-refractivity contribution in [3.8, 4) is 5.75 Å². The van der Waals surface area contributed by atoms with Crippen LogP contribution in [0.1, 0.15) is 18.0 Å². The average molecular weight is 261 g/mol. The molecule has 2 N–H and O–H groups in total. The lowest BCUT2D eigenvalue weighted by Gasteiger charge is -2.24. The molecule has 0 bridgehead atoms. The Kier molecular flexibility index (Phi) is 3.55. The topological polar surface area (TPSA) is 77.8 Å². The molecule has 5 heteroatoms. The Morgan fingerprint density at radius 1 is 1.42 bits per heavy atom. The van der Waals surface area contributed by atoms with Crippen LogP contribution in [0.25, 0.3) is 0 Å². The van der Waals surface area contributed by atoms with E-state index < -0.39 is 12.0 Å². The largest absolute Gasteiger partial charge is 0.508 e. The standard InChI is InChI=1S/C14H15NO4/c1-2-9-7-12(17)15(8-9)13(14(18)19)10-3-5-11(16)6-4-10/h2-6,9,13,16H,1,7-8H2,(H,18,19)/t9?,13-/m1/s1. The molecule has 1 saturated heterocycles. The van der Waals surface area contributed by atoms with E-state index in [2.05, 4.69) is 6.58 Å². The number of rotatable bonds is 4. The van der Waals surface area contributed by atoms with Crippen LogP contribution in [0.15, 0.2) is 36.9 Å². The van der Waals surface area contributed by atoms with E-state index in [1.807, 2.05) is 0 Å². The van der Waals surface area contributed by atoms with Crippen molar-refractivity contribution in [1.82, 2.24) is 4.90 Å². The third-order valence-corrected chi connectivity index (χ3v) is 3.28. The summed E-state index contributed by atoms with van der Waals surface area (Å²) in [5.74, 6) is -1.22. The number of nitrogens with zero attached hydrogens (tertiary/aromatic N) is 1. The molecule has 0 saturated carbocycles. The Bertz CT molecular complexity index is 509. The van der Waals surface area contributed by atoms with Crippen molar-refractivity contribution in [2.24, 2.45) is 5.92 Å². The van der Waals surface area contributed by atoms with Gasteiger partial charge < -0.3 is 15.1 Å². The summed E-state index contributed by atoms with van der Waals surface area (Å²) < 4.78 is 0. The molecule has 1 fully saturated rings. The molecular weight excluding hydrogens is 246 g/mol. The first-order chi connectivity index (χ1) is 9.02. The zero-order valence-electron chi connectivity index (χ0n) is 10.3. The lowest BCUT2D eigenvalue weighted by Crippen LogP contribution is -2.35. The third kappa shape index (κ3) is 2.59. The van der Waals surface area contributed by atoms with Crippen molar-refractivity contribution in [2.75, 3.05) is 6.54 Å². The van der Waals surface area contributed by atoms with Gasteiger partial charge in [-0.3, -0.25) is 4.79 Å². The summed E-state index contributed by atoms with van der Waals surface area (Å²) in [5.41, 5.74) is 0.475. The van der Waals surface area contributed by atoms with E-state index in [9.17, 15) is 19.8 Å². The van der Waals surface area contributed by atoms with Gasteiger partial charge in [-0.1, -0.05) is 18.2 Å². The smallest absolute Gasteiger partial charge is 0.331 e. The molecule has 1 aliphatic heterocycles. The monoisotopic (exact) mass is 261 g/mol. The highest BCUT2D eigenvalue weighted by Gasteiger charge is 2.37. The van der Waals surface area contributed by atoms with Crippen molar-refractivity contribution in [3.63, 3.8) is 0 Å². The first kappa shape index (κ1) is 13.1. The van der Waals surface area contributed by atoms with Crippen molar-refractivity contribution in [3.05, 3.63) is 42.5 Å². The van der Waals surface area contributed by atoms with Crippen LogP contribution >= 0.6 is 0 Å². The summed E-state index contributed by atoms with van der Waals surface area (Å²) in [6.07, 6.45) is 1.97. The van der Waals surface area contributed by atoms with E-state index in [0.29, 0.717) is 18.5 Å². The van der Waals surface area contributed by atoms with Crippen LogP contribution in [0.5, 0.6) is 5.75 Å². The van der Waals surface area contributed by atoms with Gasteiger partial charge >= 0.3 is 5.97 Å². The van der Waals surface area contributed by atoms with Gasteiger partial charge in [0, 0.05) is 18.9 Å². The van der Waals surface area contributed by atoms with Gasteiger partial charge in [0.25, 0.3) is 0 Å². The number of aliphatic carboxylic acids is 1. The van der Waals surface area contributed by atoms with Crippen LogP contribution < -0.4 is 0 Å². The maximum Gasteiger partial charge on any atom is 0.331 e. The molecule has 1 aromatic carbocycles. The van der Waals surface area contributed by atoms with Crippen LogP contribution in [0.4, 0.5) is 0 Å². The predicted octanol–water partition coefficient (Wildman–Crippen LogP) is 1.55. The minimum Gasteiger partial charge on any atom is -0.508 e. The number of aromatic hydroxyl groups is 1. The average Bonchev–Trinajstić information content (AvgIpc) is 2.73. The normalized spacial score (nSPS) is 20.3. The molecule has 0 aliphatic carbocycles. The summed E-state index contributed by atoms with van der Waals surface area (Å²) in [6, 6.07) is 4.84. The zero-order valence-corrected chi connectivity index (χ0v) is 10.3. The molecule has 0 aromatic heterocycles. The molecule has 1 amide bonds. The number of likely N-dealkylation sites (tertiary alicyclic amines) is 1. The number of amides is 1. The fourth-order valence-electron chi connectivity index (χ4n) is 2.28. The minimum atomic E-state index is -1.08. The molecule has 0 spiro atoms. The maximum atomic E-state index is 11.9. The summed E-state index contributed by atoms with van der Waals surface area (Å²) in [7, 11) is 0. The van der Waals surface area contributed by atoms with E-state index in [1.165, 1.54) is 29.2 Å². The number of carbonyl (C=O) groups is 2. The van der Waals surface area contributed by atoms with Crippen LogP contribution in [0, 0.1) is 5.92 Å². The summed E-state index contributed by atoms with van der Waals surface area (Å²) in [4.78, 5) is 24.7. The summed E-state index contributed by atoms with van der Waals surface area (Å²) in [6.45, 7) is 4.00. The van der Waals surface area contributed by atoms with Gasteiger partial charge in [0.2, 0.25) is 5.91 Å². The fourth-order valence-corrected chi connectivity index (χ4v) is 2.28. The van der Waals surface area contributed by atoms with E-state index in [0.717, 1.165) is 0 Å². The third-order valence-electron chi connectivity index (χ3n) is 3.28. The highest BCUT2D eigenvalue weighted by molar-refractivity contribution is 5.86. The Morgan fingerprint density at radius 2 is 2.05 bits per heavy atom. The highest BCUT2D eigenvalue weighted by Crippen LogP contribution is 2.30. The fraction of sp³-hybridized carbons (Fsp3) is 0.286. The molecule has 0 radical (unpaired) electrons. The van der Waals surface area contributed by atoms with Gasteiger partial charge in [-0.25, -0.2) is 4.79 Å². The molecule has 2 rings (SSSR count). The Labute approximate surface area is 110 Å². The molecule has 1 heterocycles. The van der Waals surface area contributed by atoms with Gasteiger partial charge in [-0.2, -0.15) is 0 Å². The van der Waals surface area contributed by atoms with Crippen molar-refractivity contribution < 1.29 is 19.8 Å². The van der Waals surface area contributed by atoms with E-state index >= 15 is 0 Å². The second kappa shape index (κ2) is 5.14. The predicted molar refractivity (Wildman–Crippen MR) is 68.5 cm³/mol. The second-order valence-corrected chi connectivity index (χ2v) is 4.58. The molecule has 100 valence electrons. The number of hydrogen-bond donors (Lipinski definition) is 2. The van der Waals surface area contributed by atoms with E-state index in [4.69, 9.17) is 0 Å². The van der Waals surface area contributed by atoms with Gasteiger partial charge in [0.05, 0.1) is 0 Å². The minimum absolute atomic E-state index is 0.00790. The first-order valence-corrected chi connectivity index (χ1v) is 5.96. The number of carboxylic acid groups (broad SMARTS) is 1. The number of benzene rings is 1. The highest BCUT2D eigenvalue weighted by atomic mass is 16.4. The van der Waals surface area contributed by atoms with Crippen LogP contribution in [0.2, 0.25) is 0 Å². The van der Waals surface area contributed by atoms with Crippen LogP contribution in [-0.4, -0.2) is 33.5 Å². The number of hydrogen-bond acceptors (Lipinski definition) is 3. The Balaban J connectivity index is 2.31. The second-order valence-electron chi connectivity index (χ2n) is 4.58. The molecule has 2 atom stereocenters. The lowest BCUT2D eigenvalue weighted by molar-refractivity contribution is -0.148. The van der Waals surface area contributed by atoms with E-state index in [-0.39, 0.29) is 17.6 Å². The number of carboxylic acids is 1. The van der Waals surface area contributed by atoms with Gasteiger partial charge in [-0.05, 0) is 17.7 Å². The Hall–Kier alpha value is -2.30. The van der Waals surface area contributed by atoms with Crippen molar-refractivity contribution in [1.29, 1.82) is 0 Å².